The molecular weight excluding hydrogens is 168 g/mol. The van der Waals surface area contributed by atoms with Gasteiger partial charge in [-0.1, -0.05) is 13.0 Å². The lowest BCUT2D eigenvalue weighted by atomic mass is 9.84. The van der Waals surface area contributed by atoms with Gasteiger partial charge < -0.3 is 9.84 Å². The average Bonchev–Trinajstić information content (AvgIpc) is 2.07. The number of aliphatic hydroxyl groups excluding tert-OH is 1. The first kappa shape index (κ1) is 10.3. The van der Waals surface area contributed by atoms with E-state index in [0.717, 1.165) is 6.42 Å². The van der Waals surface area contributed by atoms with Crippen molar-refractivity contribution in [1.82, 2.24) is 0 Å². The Kier molecular flexibility index (Phi) is 3.48. The second kappa shape index (κ2) is 4.42. The fourth-order valence-corrected chi connectivity index (χ4v) is 1.59. The monoisotopic (exact) mass is 184 g/mol. The first-order valence-corrected chi connectivity index (χ1v) is 4.60. The summed E-state index contributed by atoms with van der Waals surface area (Å²) in [5.41, 5.74) is 0. The van der Waals surface area contributed by atoms with Crippen LogP contribution >= 0.6 is 0 Å². The molecule has 0 aromatic rings. The van der Waals surface area contributed by atoms with Crippen LogP contribution in [0.4, 0.5) is 0 Å². The molecule has 0 aliphatic heterocycles. The molecule has 3 nitrogen and oxygen atoms in total. The molecule has 3 atom stereocenters. The van der Waals surface area contributed by atoms with Crippen molar-refractivity contribution in [3.8, 4) is 0 Å². The van der Waals surface area contributed by atoms with Crippen molar-refractivity contribution in [1.29, 1.82) is 0 Å². The minimum Gasteiger partial charge on any atom is -0.458 e. The molecule has 3 heteroatoms. The lowest BCUT2D eigenvalue weighted by molar-refractivity contribution is -0.145. The molecule has 0 radical (unpaired) electrons. The van der Waals surface area contributed by atoms with E-state index < -0.39 is 0 Å². The number of allylic oxidation sites excluding steroid dienone is 1. The largest absolute Gasteiger partial charge is 0.458 e. The Balaban J connectivity index is 2.52. The average molecular weight is 184 g/mol. The van der Waals surface area contributed by atoms with Crippen LogP contribution in [-0.4, -0.2) is 23.8 Å². The first-order chi connectivity index (χ1) is 6.13. The third kappa shape index (κ3) is 2.84. The molecule has 0 amide bonds. The molecule has 0 unspecified atom stereocenters. The molecule has 0 aromatic carbocycles. The van der Waals surface area contributed by atoms with Gasteiger partial charge in [0.2, 0.25) is 0 Å². The Morgan fingerprint density at radius 3 is 2.85 bits per heavy atom. The van der Waals surface area contributed by atoms with Crippen LogP contribution in [-0.2, 0) is 9.53 Å². The molecule has 0 heterocycles. The summed E-state index contributed by atoms with van der Waals surface area (Å²) in [6.45, 7) is 3.62. The standard InChI is InChI=1S/C10H16O3/c1-7-3-4-10(13-8(2)12)5-9(7)6-11/h3-4,7,9-11H,5-6H2,1-2H3/t7-,9+,10-/m1/s1. The molecule has 1 N–H and O–H groups in total. The maximum atomic E-state index is 10.7. The normalized spacial score (nSPS) is 33.0. The smallest absolute Gasteiger partial charge is 0.303 e. The maximum absolute atomic E-state index is 10.7. The Bertz CT molecular complexity index is 210. The Hall–Kier alpha value is -0.830. The molecule has 1 aliphatic carbocycles. The maximum Gasteiger partial charge on any atom is 0.303 e. The van der Waals surface area contributed by atoms with Crippen molar-refractivity contribution in [2.45, 2.75) is 26.4 Å². The van der Waals surface area contributed by atoms with Gasteiger partial charge in [-0.3, -0.25) is 4.79 Å². The van der Waals surface area contributed by atoms with E-state index >= 15 is 0 Å². The van der Waals surface area contributed by atoms with Crippen molar-refractivity contribution in [2.75, 3.05) is 6.61 Å². The highest BCUT2D eigenvalue weighted by Crippen LogP contribution is 2.25. The predicted molar refractivity (Wildman–Crippen MR) is 49.1 cm³/mol. The van der Waals surface area contributed by atoms with Crippen LogP contribution in [0.3, 0.4) is 0 Å². The minimum absolute atomic E-state index is 0.147. The van der Waals surface area contributed by atoms with Gasteiger partial charge in [0.1, 0.15) is 6.10 Å². The van der Waals surface area contributed by atoms with E-state index in [9.17, 15) is 4.79 Å². The van der Waals surface area contributed by atoms with Gasteiger partial charge in [0.15, 0.2) is 0 Å². The van der Waals surface area contributed by atoms with Crippen molar-refractivity contribution >= 4 is 5.97 Å². The van der Waals surface area contributed by atoms with Gasteiger partial charge in [-0.05, 0) is 24.3 Å². The van der Waals surface area contributed by atoms with Gasteiger partial charge in [-0.25, -0.2) is 0 Å². The lowest BCUT2D eigenvalue weighted by Gasteiger charge is -2.27. The van der Waals surface area contributed by atoms with Crippen molar-refractivity contribution in [2.24, 2.45) is 11.8 Å². The second-order valence-electron chi connectivity index (χ2n) is 3.57. The topological polar surface area (TPSA) is 46.5 Å². The summed E-state index contributed by atoms with van der Waals surface area (Å²) >= 11 is 0. The lowest BCUT2D eigenvalue weighted by Crippen LogP contribution is -2.27. The van der Waals surface area contributed by atoms with E-state index in [1.807, 2.05) is 12.2 Å². The van der Waals surface area contributed by atoms with Gasteiger partial charge in [0.05, 0.1) is 0 Å². The molecule has 0 spiro atoms. The molecule has 13 heavy (non-hydrogen) atoms. The molecule has 74 valence electrons. The van der Waals surface area contributed by atoms with Gasteiger partial charge in [-0.2, -0.15) is 0 Å². The number of hydrogen-bond donors (Lipinski definition) is 1. The first-order valence-electron chi connectivity index (χ1n) is 4.60. The van der Waals surface area contributed by atoms with Crippen LogP contribution in [0, 0.1) is 11.8 Å². The van der Waals surface area contributed by atoms with Crippen molar-refractivity contribution < 1.29 is 14.6 Å². The molecule has 0 fully saturated rings. The number of rotatable bonds is 2. The quantitative estimate of drug-likeness (QED) is 0.516. The SMILES string of the molecule is CC(=O)O[C@@H]1C=C[C@@H](C)[C@H](CO)C1. The molecule has 1 aliphatic rings. The summed E-state index contributed by atoms with van der Waals surface area (Å²) in [7, 11) is 0. The number of esters is 1. The fraction of sp³-hybridized carbons (Fsp3) is 0.700. The molecule has 0 aromatic heterocycles. The van der Waals surface area contributed by atoms with Crippen LogP contribution in [0.25, 0.3) is 0 Å². The van der Waals surface area contributed by atoms with Crippen LogP contribution in [0.15, 0.2) is 12.2 Å². The van der Waals surface area contributed by atoms with Crippen LogP contribution in [0.2, 0.25) is 0 Å². The number of carbonyl (C=O) groups excluding carboxylic acids is 1. The number of ether oxygens (including phenoxy) is 1. The Labute approximate surface area is 78.4 Å². The van der Waals surface area contributed by atoms with Crippen LogP contribution in [0.5, 0.6) is 0 Å². The number of aliphatic hydroxyl groups is 1. The highest BCUT2D eigenvalue weighted by Gasteiger charge is 2.24. The molecule has 0 saturated carbocycles. The highest BCUT2D eigenvalue weighted by atomic mass is 16.5. The zero-order valence-corrected chi connectivity index (χ0v) is 8.06. The summed E-state index contributed by atoms with van der Waals surface area (Å²) in [4.78, 5) is 10.7. The van der Waals surface area contributed by atoms with E-state index in [2.05, 4.69) is 6.92 Å². The van der Waals surface area contributed by atoms with E-state index in [1.165, 1.54) is 6.92 Å². The summed E-state index contributed by atoms with van der Waals surface area (Å²) in [6.07, 6.45) is 4.48. The highest BCUT2D eigenvalue weighted by molar-refractivity contribution is 5.66. The summed E-state index contributed by atoms with van der Waals surface area (Å²) in [6, 6.07) is 0. The summed E-state index contributed by atoms with van der Waals surface area (Å²) < 4.78 is 5.03. The summed E-state index contributed by atoms with van der Waals surface area (Å²) in [5.74, 6) is 0.326. The van der Waals surface area contributed by atoms with E-state index in [1.54, 1.807) is 0 Å². The number of carbonyl (C=O) groups is 1. The van der Waals surface area contributed by atoms with E-state index in [4.69, 9.17) is 9.84 Å². The Morgan fingerprint density at radius 1 is 1.62 bits per heavy atom. The zero-order valence-electron chi connectivity index (χ0n) is 8.06. The fourth-order valence-electron chi connectivity index (χ4n) is 1.59. The molecule has 0 bridgehead atoms. The molecule has 1 rings (SSSR count). The van der Waals surface area contributed by atoms with E-state index in [0.29, 0.717) is 5.92 Å². The molecular formula is C10H16O3. The van der Waals surface area contributed by atoms with Crippen LogP contribution < -0.4 is 0 Å². The van der Waals surface area contributed by atoms with Crippen LogP contribution in [0.1, 0.15) is 20.3 Å². The van der Waals surface area contributed by atoms with Gasteiger partial charge in [0.25, 0.3) is 0 Å². The third-order valence-corrected chi connectivity index (χ3v) is 2.46. The minimum atomic E-state index is -0.263. The van der Waals surface area contributed by atoms with Gasteiger partial charge in [0, 0.05) is 13.5 Å². The van der Waals surface area contributed by atoms with Crippen molar-refractivity contribution in [3.05, 3.63) is 12.2 Å². The second-order valence-corrected chi connectivity index (χ2v) is 3.57. The summed E-state index contributed by atoms with van der Waals surface area (Å²) in [5, 5.41) is 9.04. The number of hydrogen-bond acceptors (Lipinski definition) is 3. The van der Waals surface area contributed by atoms with Gasteiger partial charge in [-0.15, -0.1) is 0 Å². The van der Waals surface area contributed by atoms with Crippen molar-refractivity contribution in [3.63, 3.8) is 0 Å². The zero-order chi connectivity index (χ0) is 9.84. The molecule has 0 saturated heterocycles. The van der Waals surface area contributed by atoms with E-state index in [-0.39, 0.29) is 24.6 Å². The third-order valence-electron chi connectivity index (χ3n) is 2.46. The Morgan fingerprint density at radius 2 is 2.31 bits per heavy atom. The predicted octanol–water partition coefficient (Wildman–Crippen LogP) is 1.12. The van der Waals surface area contributed by atoms with Gasteiger partial charge >= 0.3 is 5.97 Å².